The van der Waals surface area contributed by atoms with E-state index in [0.717, 1.165) is 15.3 Å². The van der Waals surface area contributed by atoms with E-state index in [-0.39, 0.29) is 0 Å². The molecular formula is C11H8ClN5S. The van der Waals surface area contributed by atoms with Crippen LogP contribution in [0.25, 0.3) is 10.2 Å². The SMILES string of the molecule is Nc1cc(Nc2nc3ccc(Cl)cc3s2)ncn1. The number of fused-ring (bicyclic) bond motifs is 1. The van der Waals surface area contributed by atoms with E-state index in [9.17, 15) is 0 Å². The molecule has 0 atom stereocenters. The molecule has 2 aromatic heterocycles. The summed E-state index contributed by atoms with van der Waals surface area (Å²) in [6.45, 7) is 0. The maximum Gasteiger partial charge on any atom is 0.189 e. The van der Waals surface area contributed by atoms with Gasteiger partial charge in [0.15, 0.2) is 5.13 Å². The highest BCUT2D eigenvalue weighted by Gasteiger charge is 2.05. The number of anilines is 3. The summed E-state index contributed by atoms with van der Waals surface area (Å²) >= 11 is 7.43. The lowest BCUT2D eigenvalue weighted by atomic mass is 10.3. The predicted molar refractivity (Wildman–Crippen MR) is 74.4 cm³/mol. The molecule has 2 heterocycles. The summed E-state index contributed by atoms with van der Waals surface area (Å²) in [4.78, 5) is 12.3. The second-order valence-corrected chi connectivity index (χ2v) is 5.05. The Balaban J connectivity index is 1.95. The van der Waals surface area contributed by atoms with Crippen LogP contribution >= 0.6 is 22.9 Å². The molecule has 18 heavy (non-hydrogen) atoms. The minimum atomic E-state index is 0.414. The Morgan fingerprint density at radius 1 is 1.22 bits per heavy atom. The van der Waals surface area contributed by atoms with Crippen molar-refractivity contribution < 1.29 is 0 Å². The van der Waals surface area contributed by atoms with Gasteiger partial charge in [-0.25, -0.2) is 15.0 Å². The van der Waals surface area contributed by atoms with Crippen LogP contribution in [-0.2, 0) is 0 Å². The highest BCUT2D eigenvalue weighted by molar-refractivity contribution is 7.22. The molecule has 0 saturated heterocycles. The molecule has 1 aromatic carbocycles. The zero-order chi connectivity index (χ0) is 12.5. The number of hydrogen-bond donors (Lipinski definition) is 2. The third-order valence-corrected chi connectivity index (χ3v) is 3.44. The first-order valence-electron chi connectivity index (χ1n) is 5.11. The molecule has 3 aromatic rings. The van der Waals surface area contributed by atoms with Crippen molar-refractivity contribution in [3.63, 3.8) is 0 Å². The fraction of sp³-hybridized carbons (Fsp3) is 0. The number of benzene rings is 1. The number of nitrogen functional groups attached to an aromatic ring is 1. The van der Waals surface area contributed by atoms with E-state index >= 15 is 0 Å². The van der Waals surface area contributed by atoms with Crippen LogP contribution in [0.5, 0.6) is 0 Å². The van der Waals surface area contributed by atoms with Crippen LogP contribution in [-0.4, -0.2) is 15.0 Å². The summed E-state index contributed by atoms with van der Waals surface area (Å²) in [5.74, 6) is 1.03. The number of hydrogen-bond acceptors (Lipinski definition) is 6. The lowest BCUT2D eigenvalue weighted by molar-refractivity contribution is 1.17. The summed E-state index contributed by atoms with van der Waals surface area (Å²) in [5, 5.41) is 4.53. The van der Waals surface area contributed by atoms with E-state index < -0.39 is 0 Å². The van der Waals surface area contributed by atoms with Crippen LogP contribution in [0.3, 0.4) is 0 Å². The molecule has 0 fully saturated rings. The number of nitrogens with one attached hydrogen (secondary N) is 1. The molecule has 0 aliphatic rings. The topological polar surface area (TPSA) is 76.7 Å². The van der Waals surface area contributed by atoms with E-state index in [1.54, 1.807) is 6.07 Å². The van der Waals surface area contributed by atoms with Gasteiger partial charge in [-0.2, -0.15) is 0 Å². The molecular weight excluding hydrogens is 270 g/mol. The third-order valence-electron chi connectivity index (χ3n) is 2.27. The van der Waals surface area contributed by atoms with Crippen molar-refractivity contribution in [2.45, 2.75) is 0 Å². The average Bonchev–Trinajstić information content (AvgIpc) is 2.70. The van der Waals surface area contributed by atoms with Gasteiger partial charge in [-0.3, -0.25) is 0 Å². The second kappa shape index (κ2) is 4.40. The molecule has 0 radical (unpaired) electrons. The normalized spacial score (nSPS) is 10.7. The first kappa shape index (κ1) is 11.2. The van der Waals surface area contributed by atoms with Gasteiger partial charge in [0.1, 0.15) is 18.0 Å². The van der Waals surface area contributed by atoms with Crippen LogP contribution in [0, 0.1) is 0 Å². The lowest BCUT2D eigenvalue weighted by Crippen LogP contribution is -1.96. The van der Waals surface area contributed by atoms with Crippen molar-refractivity contribution in [1.29, 1.82) is 0 Å². The Labute approximate surface area is 112 Å². The van der Waals surface area contributed by atoms with Crippen LogP contribution in [0.1, 0.15) is 0 Å². The van der Waals surface area contributed by atoms with Crippen molar-refractivity contribution in [2.24, 2.45) is 0 Å². The number of thiazole rings is 1. The summed E-state index contributed by atoms with van der Waals surface area (Å²) in [7, 11) is 0. The molecule has 0 amide bonds. The fourth-order valence-corrected chi connectivity index (χ4v) is 2.65. The maximum atomic E-state index is 5.93. The minimum absolute atomic E-state index is 0.414. The van der Waals surface area contributed by atoms with Gasteiger partial charge < -0.3 is 11.1 Å². The van der Waals surface area contributed by atoms with E-state index in [1.165, 1.54) is 17.7 Å². The van der Waals surface area contributed by atoms with E-state index in [4.69, 9.17) is 17.3 Å². The number of halogens is 1. The Morgan fingerprint density at radius 3 is 2.94 bits per heavy atom. The molecule has 0 bridgehead atoms. The van der Waals surface area contributed by atoms with Gasteiger partial charge in [-0.15, -0.1) is 0 Å². The highest BCUT2D eigenvalue weighted by atomic mass is 35.5. The minimum Gasteiger partial charge on any atom is -0.384 e. The van der Waals surface area contributed by atoms with Gasteiger partial charge in [0.05, 0.1) is 10.2 Å². The van der Waals surface area contributed by atoms with Crippen LogP contribution < -0.4 is 11.1 Å². The fourth-order valence-electron chi connectivity index (χ4n) is 1.50. The summed E-state index contributed by atoms with van der Waals surface area (Å²) in [6, 6.07) is 7.23. The van der Waals surface area contributed by atoms with Crippen molar-refractivity contribution in [3.8, 4) is 0 Å². The lowest BCUT2D eigenvalue weighted by Gasteiger charge is -2.00. The third kappa shape index (κ3) is 2.20. The average molecular weight is 278 g/mol. The zero-order valence-electron chi connectivity index (χ0n) is 9.09. The molecule has 0 spiro atoms. The van der Waals surface area contributed by atoms with Crippen molar-refractivity contribution >= 4 is 49.9 Å². The van der Waals surface area contributed by atoms with Crippen LogP contribution in [0.4, 0.5) is 16.8 Å². The molecule has 0 aliphatic heterocycles. The first-order valence-corrected chi connectivity index (χ1v) is 6.31. The molecule has 0 saturated carbocycles. The maximum absolute atomic E-state index is 5.93. The highest BCUT2D eigenvalue weighted by Crippen LogP contribution is 2.29. The van der Waals surface area contributed by atoms with Gasteiger partial charge >= 0.3 is 0 Å². The molecule has 5 nitrogen and oxygen atoms in total. The van der Waals surface area contributed by atoms with Gasteiger partial charge in [0, 0.05) is 11.1 Å². The van der Waals surface area contributed by atoms with Crippen molar-refractivity contribution in [1.82, 2.24) is 15.0 Å². The number of aromatic nitrogens is 3. The Bertz CT molecular complexity index is 711. The number of nitrogens with two attached hydrogens (primary N) is 1. The van der Waals surface area contributed by atoms with Gasteiger partial charge in [0.25, 0.3) is 0 Å². The van der Waals surface area contributed by atoms with E-state index in [2.05, 4.69) is 20.3 Å². The largest absolute Gasteiger partial charge is 0.384 e. The number of rotatable bonds is 2. The van der Waals surface area contributed by atoms with Crippen LogP contribution in [0.15, 0.2) is 30.6 Å². The van der Waals surface area contributed by atoms with Gasteiger partial charge in [-0.05, 0) is 18.2 Å². The summed E-state index contributed by atoms with van der Waals surface area (Å²) in [6.07, 6.45) is 1.40. The predicted octanol–water partition coefficient (Wildman–Crippen LogP) is 3.07. The second-order valence-electron chi connectivity index (χ2n) is 3.58. The van der Waals surface area contributed by atoms with Crippen molar-refractivity contribution in [2.75, 3.05) is 11.1 Å². The quantitative estimate of drug-likeness (QED) is 0.753. The zero-order valence-corrected chi connectivity index (χ0v) is 10.7. The van der Waals surface area contributed by atoms with Gasteiger partial charge in [-0.1, -0.05) is 22.9 Å². The molecule has 0 aliphatic carbocycles. The first-order chi connectivity index (χ1) is 8.70. The molecule has 0 unspecified atom stereocenters. The van der Waals surface area contributed by atoms with Crippen LogP contribution in [0.2, 0.25) is 5.02 Å². The summed E-state index contributed by atoms with van der Waals surface area (Å²) in [5.41, 5.74) is 6.48. The Morgan fingerprint density at radius 2 is 2.11 bits per heavy atom. The molecule has 3 N–H and O–H groups in total. The van der Waals surface area contributed by atoms with E-state index in [0.29, 0.717) is 16.7 Å². The van der Waals surface area contributed by atoms with E-state index in [1.807, 2.05) is 18.2 Å². The smallest absolute Gasteiger partial charge is 0.189 e. The van der Waals surface area contributed by atoms with Gasteiger partial charge in [0.2, 0.25) is 0 Å². The molecule has 7 heteroatoms. The standard InChI is InChI=1S/C11H8ClN5S/c12-6-1-2-7-8(3-6)18-11(16-7)17-10-4-9(13)14-5-15-10/h1-5H,(H3,13,14,15,16,17). The Hall–Kier alpha value is -1.92. The molecule has 90 valence electrons. The number of nitrogens with zero attached hydrogens (tertiary/aromatic N) is 3. The van der Waals surface area contributed by atoms with Crippen molar-refractivity contribution in [3.05, 3.63) is 35.6 Å². The Kier molecular flexibility index (Phi) is 2.73. The monoisotopic (exact) mass is 277 g/mol. The summed E-state index contributed by atoms with van der Waals surface area (Å²) < 4.78 is 1.02. The molecule has 3 rings (SSSR count).